The molecule has 0 spiro atoms. The molecule has 0 heterocycles. The molecule has 6 heteroatoms. The molecule has 18 heavy (non-hydrogen) atoms. The predicted molar refractivity (Wildman–Crippen MR) is 77.6 cm³/mol. The Morgan fingerprint density at radius 1 is 1.22 bits per heavy atom. The minimum absolute atomic E-state index is 0.0639. The van der Waals surface area contributed by atoms with Crippen molar-refractivity contribution in [2.75, 3.05) is 13.1 Å². The summed E-state index contributed by atoms with van der Waals surface area (Å²) in [5, 5.41) is 5.12. The van der Waals surface area contributed by atoms with E-state index in [2.05, 4.69) is 49.1 Å². The maximum atomic E-state index is 11.7. The maximum absolute atomic E-state index is 11.7. The van der Waals surface area contributed by atoms with Crippen molar-refractivity contribution < 1.29 is 9.59 Å². The Labute approximate surface area is 122 Å². The van der Waals surface area contributed by atoms with Crippen LogP contribution in [0.25, 0.3) is 0 Å². The van der Waals surface area contributed by atoms with Crippen LogP contribution in [0.4, 0.5) is 0 Å². The van der Waals surface area contributed by atoms with Gasteiger partial charge < -0.3 is 10.6 Å². The minimum atomic E-state index is -0.288. The van der Waals surface area contributed by atoms with E-state index in [0.717, 1.165) is 4.47 Å². The van der Waals surface area contributed by atoms with Crippen LogP contribution in [-0.2, 0) is 4.79 Å². The average Bonchev–Trinajstić information content (AvgIpc) is 2.33. The number of benzene rings is 1. The summed E-state index contributed by atoms with van der Waals surface area (Å²) < 4.78 is 1.49. The molecular weight excluding hydrogens is 364 g/mol. The summed E-state index contributed by atoms with van der Waals surface area (Å²) in [7, 11) is 0. The molecule has 0 unspecified atom stereocenters. The Morgan fingerprint density at radius 3 is 2.56 bits per heavy atom. The average molecular weight is 376 g/mol. The van der Waals surface area contributed by atoms with Gasteiger partial charge in [0.15, 0.2) is 0 Å². The SMILES string of the molecule is C=C(Br)CNC(=O)CNC(=O)c1cccc(Br)c1. The monoisotopic (exact) mass is 374 g/mol. The summed E-state index contributed by atoms with van der Waals surface area (Å²) in [6.45, 7) is 3.86. The van der Waals surface area contributed by atoms with Gasteiger partial charge in [0.25, 0.3) is 5.91 Å². The van der Waals surface area contributed by atoms with Crippen LogP contribution < -0.4 is 10.6 Å². The topological polar surface area (TPSA) is 58.2 Å². The Morgan fingerprint density at radius 2 is 1.94 bits per heavy atom. The molecule has 0 aliphatic rings. The number of hydrogen-bond acceptors (Lipinski definition) is 2. The van der Waals surface area contributed by atoms with Crippen molar-refractivity contribution in [2.45, 2.75) is 0 Å². The summed E-state index contributed by atoms with van der Waals surface area (Å²) >= 11 is 6.40. The first-order valence-electron chi connectivity index (χ1n) is 5.13. The second-order valence-corrected chi connectivity index (χ2v) is 5.52. The van der Waals surface area contributed by atoms with E-state index in [1.54, 1.807) is 18.2 Å². The Bertz CT molecular complexity index is 475. The van der Waals surface area contributed by atoms with Gasteiger partial charge in [-0.25, -0.2) is 0 Å². The molecule has 2 N–H and O–H groups in total. The summed E-state index contributed by atoms with van der Waals surface area (Å²) in [4.78, 5) is 23.1. The zero-order valence-corrected chi connectivity index (χ0v) is 12.7. The number of amides is 2. The first-order valence-corrected chi connectivity index (χ1v) is 6.71. The Balaban J connectivity index is 2.42. The summed E-state index contributed by atoms with van der Waals surface area (Å²) in [5.74, 6) is -0.553. The van der Waals surface area contributed by atoms with Crippen LogP contribution in [0.3, 0.4) is 0 Å². The van der Waals surface area contributed by atoms with Crippen molar-refractivity contribution in [2.24, 2.45) is 0 Å². The lowest BCUT2D eigenvalue weighted by Crippen LogP contribution is -2.37. The lowest BCUT2D eigenvalue weighted by molar-refractivity contribution is -0.119. The molecule has 96 valence electrons. The second-order valence-electron chi connectivity index (χ2n) is 3.49. The van der Waals surface area contributed by atoms with Gasteiger partial charge in [-0.2, -0.15) is 0 Å². The second kappa shape index (κ2) is 7.33. The quantitative estimate of drug-likeness (QED) is 0.828. The van der Waals surface area contributed by atoms with Crippen LogP contribution >= 0.6 is 31.9 Å². The van der Waals surface area contributed by atoms with E-state index in [9.17, 15) is 9.59 Å². The molecule has 1 rings (SSSR count). The Hall–Kier alpha value is -1.14. The fourth-order valence-corrected chi connectivity index (χ4v) is 1.69. The molecule has 1 aromatic carbocycles. The van der Waals surface area contributed by atoms with E-state index in [-0.39, 0.29) is 18.4 Å². The summed E-state index contributed by atoms with van der Waals surface area (Å²) in [6.07, 6.45) is 0. The normalized spacial score (nSPS) is 9.67. The zero-order valence-electron chi connectivity index (χ0n) is 9.50. The third kappa shape index (κ3) is 5.46. The standard InChI is InChI=1S/C12H12Br2N2O2/c1-8(13)6-15-11(17)7-16-12(18)9-3-2-4-10(14)5-9/h2-5H,1,6-7H2,(H,15,17)(H,16,18). The van der Waals surface area contributed by atoms with Gasteiger partial charge in [-0.05, 0) is 18.2 Å². The summed E-state index contributed by atoms with van der Waals surface area (Å²) in [5.41, 5.74) is 0.502. The molecule has 0 aromatic heterocycles. The van der Waals surface area contributed by atoms with Gasteiger partial charge in [0.1, 0.15) is 0 Å². The third-order valence-electron chi connectivity index (χ3n) is 1.97. The fourth-order valence-electron chi connectivity index (χ4n) is 1.15. The van der Waals surface area contributed by atoms with Crippen LogP contribution in [0.5, 0.6) is 0 Å². The fraction of sp³-hybridized carbons (Fsp3) is 0.167. The zero-order chi connectivity index (χ0) is 13.5. The maximum Gasteiger partial charge on any atom is 0.251 e. The smallest absolute Gasteiger partial charge is 0.251 e. The highest BCUT2D eigenvalue weighted by molar-refractivity contribution is 9.11. The molecule has 0 aliphatic heterocycles. The van der Waals surface area contributed by atoms with E-state index in [1.807, 2.05) is 6.07 Å². The van der Waals surface area contributed by atoms with Crippen molar-refractivity contribution in [3.63, 3.8) is 0 Å². The van der Waals surface area contributed by atoms with E-state index >= 15 is 0 Å². The number of rotatable bonds is 5. The van der Waals surface area contributed by atoms with Gasteiger partial charge in [0.05, 0.1) is 6.54 Å². The van der Waals surface area contributed by atoms with Gasteiger partial charge in [0, 0.05) is 21.1 Å². The highest BCUT2D eigenvalue weighted by atomic mass is 79.9. The van der Waals surface area contributed by atoms with Crippen LogP contribution in [0, 0.1) is 0 Å². The van der Waals surface area contributed by atoms with E-state index in [0.29, 0.717) is 16.6 Å². The van der Waals surface area contributed by atoms with Gasteiger partial charge >= 0.3 is 0 Å². The van der Waals surface area contributed by atoms with Crippen molar-refractivity contribution >= 4 is 43.7 Å². The molecule has 4 nitrogen and oxygen atoms in total. The van der Waals surface area contributed by atoms with E-state index in [4.69, 9.17) is 0 Å². The number of nitrogens with one attached hydrogen (secondary N) is 2. The molecule has 0 bridgehead atoms. The summed E-state index contributed by atoms with van der Waals surface area (Å²) in [6, 6.07) is 6.95. The molecule has 0 fully saturated rings. The molecule has 0 radical (unpaired) electrons. The van der Waals surface area contributed by atoms with Crippen molar-refractivity contribution in [3.05, 3.63) is 45.4 Å². The van der Waals surface area contributed by atoms with Crippen LogP contribution in [-0.4, -0.2) is 24.9 Å². The predicted octanol–water partition coefficient (Wildman–Crippen LogP) is 2.20. The molecule has 1 aromatic rings. The highest BCUT2D eigenvalue weighted by Crippen LogP contribution is 2.11. The first kappa shape index (κ1) is 14.9. The minimum Gasteiger partial charge on any atom is -0.350 e. The molecule has 0 aliphatic carbocycles. The van der Waals surface area contributed by atoms with Crippen LogP contribution in [0.2, 0.25) is 0 Å². The van der Waals surface area contributed by atoms with Crippen LogP contribution in [0.1, 0.15) is 10.4 Å². The molecule has 0 saturated carbocycles. The van der Waals surface area contributed by atoms with Crippen molar-refractivity contribution in [3.8, 4) is 0 Å². The van der Waals surface area contributed by atoms with Crippen LogP contribution in [0.15, 0.2) is 39.8 Å². The highest BCUT2D eigenvalue weighted by Gasteiger charge is 2.07. The van der Waals surface area contributed by atoms with Gasteiger partial charge in [-0.3, -0.25) is 9.59 Å². The van der Waals surface area contributed by atoms with Gasteiger partial charge in [-0.1, -0.05) is 44.5 Å². The largest absolute Gasteiger partial charge is 0.350 e. The van der Waals surface area contributed by atoms with Gasteiger partial charge in [0.2, 0.25) is 5.91 Å². The Kier molecular flexibility index (Phi) is 6.07. The number of carbonyl (C=O) groups excluding carboxylic acids is 2. The van der Waals surface area contributed by atoms with E-state index in [1.165, 1.54) is 0 Å². The number of halogens is 2. The molecular formula is C12H12Br2N2O2. The molecule has 0 atom stereocenters. The van der Waals surface area contributed by atoms with Gasteiger partial charge in [-0.15, -0.1) is 0 Å². The van der Waals surface area contributed by atoms with Crippen molar-refractivity contribution in [1.29, 1.82) is 0 Å². The number of carbonyl (C=O) groups is 2. The molecule has 0 saturated heterocycles. The van der Waals surface area contributed by atoms with E-state index < -0.39 is 0 Å². The lowest BCUT2D eigenvalue weighted by atomic mass is 10.2. The number of hydrogen-bond donors (Lipinski definition) is 2. The first-order chi connectivity index (χ1) is 8.49. The lowest BCUT2D eigenvalue weighted by Gasteiger charge is -2.06. The third-order valence-corrected chi connectivity index (χ3v) is 2.75. The molecule has 2 amide bonds. The van der Waals surface area contributed by atoms with Crippen molar-refractivity contribution in [1.82, 2.24) is 10.6 Å².